The minimum atomic E-state index is 0.178. The number of aryl methyl sites for hydroxylation is 1. The zero-order valence-corrected chi connectivity index (χ0v) is 11.1. The van der Waals surface area contributed by atoms with Crippen LogP contribution < -0.4 is 0 Å². The number of likely N-dealkylation sites (tertiary alicyclic amines) is 1. The number of carbonyl (C=O) groups is 1. The molecule has 0 spiro atoms. The molecule has 6 heteroatoms. The van der Waals surface area contributed by atoms with Gasteiger partial charge in [0, 0.05) is 25.7 Å². The molecule has 1 amide bonds. The largest absolute Gasteiger partial charge is 0.374 e. The van der Waals surface area contributed by atoms with Crippen molar-refractivity contribution in [2.24, 2.45) is 0 Å². The van der Waals surface area contributed by atoms with Gasteiger partial charge in [-0.05, 0) is 12.8 Å². The predicted octanol–water partition coefficient (Wildman–Crippen LogP) is 0.862. The Morgan fingerprint density at radius 3 is 2.89 bits per heavy atom. The second kappa shape index (κ2) is 7.04. The summed E-state index contributed by atoms with van der Waals surface area (Å²) in [5, 5.41) is 7.56. The van der Waals surface area contributed by atoms with Crippen molar-refractivity contribution in [3.8, 4) is 0 Å². The molecule has 2 rings (SSSR count). The standard InChI is InChI=1S/C13H20N4O2/c1-2-11-19-12-3-7-16(8-4-12)13(18)5-9-17-10-6-14-15-17/h2,6,10,12H,1,3-5,7-9,11H2. The summed E-state index contributed by atoms with van der Waals surface area (Å²) >= 11 is 0. The van der Waals surface area contributed by atoms with Gasteiger partial charge in [-0.25, -0.2) is 0 Å². The van der Waals surface area contributed by atoms with Crippen molar-refractivity contribution in [1.29, 1.82) is 0 Å². The lowest BCUT2D eigenvalue weighted by molar-refractivity contribution is -0.134. The van der Waals surface area contributed by atoms with Gasteiger partial charge in [0.15, 0.2) is 0 Å². The van der Waals surface area contributed by atoms with Crippen LogP contribution in [0.4, 0.5) is 0 Å². The molecule has 1 fully saturated rings. The average molecular weight is 264 g/mol. The maximum Gasteiger partial charge on any atom is 0.224 e. The number of nitrogens with zero attached hydrogens (tertiary/aromatic N) is 4. The molecule has 19 heavy (non-hydrogen) atoms. The van der Waals surface area contributed by atoms with Crippen LogP contribution in [0.1, 0.15) is 19.3 Å². The average Bonchev–Trinajstić information content (AvgIpc) is 2.96. The van der Waals surface area contributed by atoms with E-state index < -0.39 is 0 Å². The zero-order valence-electron chi connectivity index (χ0n) is 11.1. The van der Waals surface area contributed by atoms with Crippen molar-refractivity contribution >= 4 is 5.91 Å². The van der Waals surface area contributed by atoms with Crippen molar-refractivity contribution in [2.75, 3.05) is 19.7 Å². The quantitative estimate of drug-likeness (QED) is 0.715. The third-order valence-electron chi connectivity index (χ3n) is 3.27. The van der Waals surface area contributed by atoms with Crippen molar-refractivity contribution in [2.45, 2.75) is 31.9 Å². The van der Waals surface area contributed by atoms with Gasteiger partial charge >= 0.3 is 0 Å². The highest BCUT2D eigenvalue weighted by Gasteiger charge is 2.22. The summed E-state index contributed by atoms with van der Waals surface area (Å²) in [6, 6.07) is 0. The summed E-state index contributed by atoms with van der Waals surface area (Å²) in [6.07, 6.45) is 7.69. The van der Waals surface area contributed by atoms with E-state index in [-0.39, 0.29) is 12.0 Å². The summed E-state index contributed by atoms with van der Waals surface area (Å²) in [4.78, 5) is 13.9. The molecule has 0 unspecified atom stereocenters. The summed E-state index contributed by atoms with van der Waals surface area (Å²) in [7, 11) is 0. The molecule has 6 nitrogen and oxygen atoms in total. The SMILES string of the molecule is C=CCOC1CCN(C(=O)CCn2ccnn2)CC1. The Labute approximate surface area is 113 Å². The lowest BCUT2D eigenvalue weighted by atomic mass is 10.1. The Kier molecular flexibility index (Phi) is 5.09. The maximum absolute atomic E-state index is 12.0. The number of hydrogen-bond donors (Lipinski definition) is 0. The molecule has 0 aliphatic carbocycles. The van der Waals surface area contributed by atoms with Gasteiger partial charge in [0.1, 0.15) is 0 Å². The van der Waals surface area contributed by atoms with Crippen LogP contribution in [0.3, 0.4) is 0 Å². The van der Waals surface area contributed by atoms with E-state index in [0.717, 1.165) is 25.9 Å². The lowest BCUT2D eigenvalue weighted by Gasteiger charge is -2.31. The van der Waals surface area contributed by atoms with Crippen LogP contribution >= 0.6 is 0 Å². The topological polar surface area (TPSA) is 60.2 Å². The van der Waals surface area contributed by atoms with Gasteiger partial charge in [-0.2, -0.15) is 0 Å². The Balaban J connectivity index is 1.68. The number of carbonyl (C=O) groups excluding carboxylic acids is 1. The van der Waals surface area contributed by atoms with Crippen LogP contribution in [0.5, 0.6) is 0 Å². The molecular weight excluding hydrogens is 244 g/mol. The van der Waals surface area contributed by atoms with Gasteiger partial charge in [-0.3, -0.25) is 9.48 Å². The van der Waals surface area contributed by atoms with E-state index in [1.54, 1.807) is 23.2 Å². The molecule has 2 heterocycles. The third kappa shape index (κ3) is 4.17. The molecule has 1 saturated heterocycles. The molecule has 0 N–H and O–H groups in total. The minimum absolute atomic E-state index is 0.178. The van der Waals surface area contributed by atoms with Crippen LogP contribution in [-0.2, 0) is 16.1 Å². The Morgan fingerprint density at radius 2 is 2.26 bits per heavy atom. The molecule has 0 atom stereocenters. The summed E-state index contributed by atoms with van der Waals surface area (Å²) in [6.45, 7) is 6.36. The number of hydrogen-bond acceptors (Lipinski definition) is 4. The van der Waals surface area contributed by atoms with Crippen LogP contribution in [0.25, 0.3) is 0 Å². The van der Waals surface area contributed by atoms with E-state index in [1.165, 1.54) is 0 Å². The molecule has 1 aromatic rings. The van der Waals surface area contributed by atoms with Gasteiger partial charge in [0.2, 0.25) is 5.91 Å². The van der Waals surface area contributed by atoms with Gasteiger partial charge in [-0.1, -0.05) is 11.3 Å². The predicted molar refractivity (Wildman–Crippen MR) is 70.4 cm³/mol. The fourth-order valence-corrected chi connectivity index (χ4v) is 2.20. The Bertz CT molecular complexity index is 397. The van der Waals surface area contributed by atoms with Gasteiger partial charge in [0.25, 0.3) is 0 Å². The molecule has 0 bridgehead atoms. The number of ether oxygens (including phenoxy) is 1. The van der Waals surface area contributed by atoms with Crippen molar-refractivity contribution < 1.29 is 9.53 Å². The smallest absolute Gasteiger partial charge is 0.224 e. The highest BCUT2D eigenvalue weighted by Crippen LogP contribution is 2.14. The van der Waals surface area contributed by atoms with Crippen LogP contribution in [0.2, 0.25) is 0 Å². The molecule has 0 saturated carbocycles. The first-order chi connectivity index (χ1) is 9.29. The minimum Gasteiger partial charge on any atom is -0.374 e. The van der Waals surface area contributed by atoms with Gasteiger partial charge < -0.3 is 9.64 Å². The fourth-order valence-electron chi connectivity index (χ4n) is 2.20. The second-order valence-corrected chi connectivity index (χ2v) is 4.62. The number of rotatable bonds is 6. The van der Waals surface area contributed by atoms with Gasteiger partial charge in [0.05, 0.1) is 25.5 Å². The molecule has 0 radical (unpaired) electrons. The fraction of sp³-hybridized carbons (Fsp3) is 0.615. The van der Waals surface area contributed by atoms with E-state index in [9.17, 15) is 4.79 Å². The highest BCUT2D eigenvalue weighted by molar-refractivity contribution is 5.76. The zero-order chi connectivity index (χ0) is 13.5. The molecular formula is C13H20N4O2. The summed E-state index contributed by atoms with van der Waals surface area (Å²) in [5.41, 5.74) is 0. The van der Waals surface area contributed by atoms with Crippen LogP contribution in [-0.4, -0.2) is 51.6 Å². The van der Waals surface area contributed by atoms with E-state index >= 15 is 0 Å². The van der Waals surface area contributed by atoms with E-state index in [0.29, 0.717) is 19.6 Å². The third-order valence-corrected chi connectivity index (χ3v) is 3.27. The van der Waals surface area contributed by atoms with Crippen LogP contribution in [0, 0.1) is 0 Å². The molecule has 1 aromatic heterocycles. The summed E-state index contributed by atoms with van der Waals surface area (Å²) in [5.74, 6) is 0.178. The number of piperidine rings is 1. The Hall–Kier alpha value is -1.69. The van der Waals surface area contributed by atoms with E-state index in [4.69, 9.17) is 4.74 Å². The molecule has 0 aromatic carbocycles. The van der Waals surface area contributed by atoms with Gasteiger partial charge in [-0.15, -0.1) is 11.7 Å². The second-order valence-electron chi connectivity index (χ2n) is 4.62. The van der Waals surface area contributed by atoms with Crippen molar-refractivity contribution in [3.63, 3.8) is 0 Å². The Morgan fingerprint density at radius 1 is 1.47 bits per heavy atom. The van der Waals surface area contributed by atoms with E-state index in [2.05, 4.69) is 16.9 Å². The normalized spacial score (nSPS) is 16.5. The molecule has 1 aliphatic heterocycles. The first-order valence-corrected chi connectivity index (χ1v) is 6.64. The first kappa shape index (κ1) is 13.7. The molecule has 104 valence electrons. The number of aromatic nitrogens is 3. The highest BCUT2D eigenvalue weighted by atomic mass is 16.5. The van der Waals surface area contributed by atoms with Crippen LogP contribution in [0.15, 0.2) is 25.0 Å². The van der Waals surface area contributed by atoms with E-state index in [1.807, 2.05) is 4.90 Å². The molecule has 1 aliphatic rings. The first-order valence-electron chi connectivity index (χ1n) is 6.64. The summed E-state index contributed by atoms with van der Waals surface area (Å²) < 4.78 is 7.28. The number of amides is 1. The monoisotopic (exact) mass is 264 g/mol. The van der Waals surface area contributed by atoms with Crippen molar-refractivity contribution in [3.05, 3.63) is 25.0 Å². The lowest BCUT2D eigenvalue weighted by Crippen LogP contribution is -2.41. The van der Waals surface area contributed by atoms with Crippen molar-refractivity contribution in [1.82, 2.24) is 19.9 Å². The maximum atomic E-state index is 12.0.